The smallest absolute Gasteiger partial charge is 0.330 e. The molecule has 4 unspecified atom stereocenters. The van der Waals surface area contributed by atoms with Crippen LogP contribution in [0.5, 0.6) is 0 Å². The molecule has 0 bridgehead atoms. The van der Waals surface area contributed by atoms with Crippen molar-refractivity contribution in [1.29, 1.82) is 0 Å². The average molecular weight is 621 g/mol. The highest BCUT2D eigenvalue weighted by atomic mass is 31.3. The number of phosphoric acid groups is 3. The molecule has 2 heterocycles. The average Bonchev–Trinajstić information content (AvgIpc) is 3.13. The second-order valence-electron chi connectivity index (χ2n) is 8.32. The van der Waals surface area contributed by atoms with E-state index in [1.165, 1.54) is 6.07 Å². The van der Waals surface area contributed by atoms with Crippen molar-refractivity contribution in [3.8, 4) is 0 Å². The van der Waals surface area contributed by atoms with Crippen molar-refractivity contribution in [2.45, 2.75) is 31.1 Å². The highest BCUT2D eigenvalue weighted by Gasteiger charge is 2.44. The fraction of sp³-hybridized carbons (Fsp3) is 0.300. The van der Waals surface area contributed by atoms with Gasteiger partial charge in [-0.3, -0.25) is 28.0 Å². The summed E-state index contributed by atoms with van der Waals surface area (Å²) in [6, 6.07) is 12.8. The summed E-state index contributed by atoms with van der Waals surface area (Å²) in [5, 5.41) is 21.9. The number of aromatic nitrogens is 2. The first-order valence-electron chi connectivity index (χ1n) is 11.1. The van der Waals surface area contributed by atoms with Gasteiger partial charge in [0.2, 0.25) is 0 Å². The Kier molecular flexibility index (Phi) is 9.10. The molecular weight excluding hydrogens is 601 g/mol. The molecule has 2 aromatic carbocycles. The Bertz CT molecular complexity index is 1640. The Morgan fingerprint density at radius 2 is 1.52 bits per heavy atom. The zero-order valence-corrected chi connectivity index (χ0v) is 22.6. The second kappa shape index (κ2) is 11.9. The lowest BCUT2D eigenvalue weighted by molar-refractivity contribution is -0.252. The highest BCUT2D eigenvalue weighted by Crippen LogP contribution is 2.63. The van der Waals surface area contributed by atoms with Gasteiger partial charge in [0, 0.05) is 12.3 Å². The number of nitrogens with one attached hydrogen (secondary N) is 1. The van der Waals surface area contributed by atoms with E-state index in [0.717, 1.165) is 23.0 Å². The van der Waals surface area contributed by atoms with E-state index in [1.54, 1.807) is 30.3 Å². The van der Waals surface area contributed by atoms with E-state index in [1.807, 2.05) is 11.1 Å². The van der Waals surface area contributed by atoms with Crippen LogP contribution in [0.2, 0.25) is 0 Å². The fourth-order valence-corrected chi connectivity index (χ4v) is 7.04. The molecular formula is C20H20N2O15P3-3. The number of ether oxygens (including phenoxy) is 1. The summed E-state index contributed by atoms with van der Waals surface area (Å²) in [6.07, 6.45) is -5.93. The molecule has 17 nitrogen and oxygen atoms in total. The standard InChI is InChI=1S/C20H23N2O15P3/c23-16-7-8-22(20(26)21-16)19-18(25)17(24)15(35-19)11-34-39(29,30)37-40(31,32)36-38(27,28)33-10-12-5-6-13-3-1-2-4-14(13)9-12/h1-9,15,17-19,24-25H,10-11H2,(H,27,28)(H,29,30)(H,31,32)(H,21,23,26)/p-3/t15-,17?,18+,19-/m1/s1. The highest BCUT2D eigenvalue weighted by molar-refractivity contribution is 7.65. The summed E-state index contributed by atoms with van der Waals surface area (Å²) in [5.74, 6) is 0. The van der Waals surface area contributed by atoms with Gasteiger partial charge in [0.15, 0.2) is 6.23 Å². The third kappa shape index (κ3) is 7.69. The summed E-state index contributed by atoms with van der Waals surface area (Å²) < 4.78 is 58.3. The predicted octanol–water partition coefficient (Wildman–Crippen LogP) is -1.02. The van der Waals surface area contributed by atoms with E-state index >= 15 is 0 Å². The molecule has 3 N–H and O–H groups in total. The summed E-state index contributed by atoms with van der Waals surface area (Å²) >= 11 is 0. The lowest BCUT2D eigenvalue weighted by atomic mass is 10.1. The number of fused-ring (bicyclic) bond motifs is 1. The molecule has 3 aromatic rings. The molecule has 7 atom stereocenters. The lowest BCUT2D eigenvalue weighted by Crippen LogP contribution is -2.37. The molecule has 4 rings (SSSR count). The van der Waals surface area contributed by atoms with Gasteiger partial charge >= 0.3 is 5.69 Å². The molecule has 1 fully saturated rings. The molecule has 0 amide bonds. The van der Waals surface area contributed by atoms with Crippen LogP contribution in [0.3, 0.4) is 0 Å². The molecule has 1 aromatic heterocycles. The number of H-pyrrole nitrogens is 1. The van der Waals surface area contributed by atoms with Crippen LogP contribution in [-0.4, -0.2) is 44.7 Å². The van der Waals surface area contributed by atoms with Crippen molar-refractivity contribution >= 4 is 34.2 Å². The number of benzene rings is 2. The largest absolute Gasteiger partial charge is 0.756 e. The predicted molar refractivity (Wildman–Crippen MR) is 127 cm³/mol. The maximum Gasteiger partial charge on any atom is 0.330 e. The SMILES string of the molecule is O=c1ccn([C@@H]2O[C@H](COP(=O)([O-])OP(=O)([O-])OP(=O)([O-])OCc3ccc4ccccc4c3)C(O)[C@@H]2O)c(=O)[nH]1. The molecule has 1 aliphatic heterocycles. The number of aliphatic hydroxyl groups is 2. The number of hydrogen-bond donors (Lipinski definition) is 3. The van der Waals surface area contributed by atoms with E-state index in [0.29, 0.717) is 10.1 Å². The Balaban J connectivity index is 1.32. The minimum absolute atomic E-state index is 0.331. The second-order valence-corrected chi connectivity index (χ2v) is 12.8. The summed E-state index contributed by atoms with van der Waals surface area (Å²) in [5.41, 5.74) is -1.44. The van der Waals surface area contributed by atoms with E-state index in [2.05, 4.69) is 17.7 Å². The fourth-order valence-electron chi connectivity index (χ4n) is 3.68. The summed E-state index contributed by atoms with van der Waals surface area (Å²) in [7, 11) is -17.7. The third-order valence-corrected chi connectivity index (χ3v) is 9.57. The van der Waals surface area contributed by atoms with Crippen LogP contribution in [0.4, 0.5) is 0 Å². The van der Waals surface area contributed by atoms with Crippen molar-refractivity contribution < 1.29 is 61.0 Å². The van der Waals surface area contributed by atoms with Crippen LogP contribution in [0.1, 0.15) is 11.8 Å². The van der Waals surface area contributed by atoms with Crippen molar-refractivity contribution in [3.63, 3.8) is 0 Å². The van der Waals surface area contributed by atoms with Crippen molar-refractivity contribution in [2.75, 3.05) is 6.61 Å². The molecule has 1 aliphatic rings. The van der Waals surface area contributed by atoms with Crippen molar-refractivity contribution in [1.82, 2.24) is 9.55 Å². The van der Waals surface area contributed by atoms with E-state index < -0.39 is 72.5 Å². The van der Waals surface area contributed by atoms with E-state index in [4.69, 9.17) is 4.74 Å². The number of aliphatic hydroxyl groups excluding tert-OH is 2. The Hall–Kier alpha value is -2.33. The molecule has 40 heavy (non-hydrogen) atoms. The Morgan fingerprint density at radius 3 is 2.20 bits per heavy atom. The first-order chi connectivity index (χ1) is 18.6. The van der Waals surface area contributed by atoms with Gasteiger partial charge in [-0.2, -0.15) is 0 Å². The number of aromatic amines is 1. The van der Waals surface area contributed by atoms with Crippen LogP contribution in [0.15, 0.2) is 64.3 Å². The van der Waals surface area contributed by atoms with Crippen LogP contribution in [0, 0.1) is 0 Å². The van der Waals surface area contributed by atoms with Gasteiger partial charge in [-0.15, -0.1) is 0 Å². The molecule has 0 spiro atoms. The topological polar surface area (TPSA) is 262 Å². The molecule has 20 heteroatoms. The molecule has 218 valence electrons. The van der Waals surface area contributed by atoms with Gasteiger partial charge in [-0.25, -0.2) is 13.4 Å². The summed E-state index contributed by atoms with van der Waals surface area (Å²) in [4.78, 5) is 61.0. The maximum absolute atomic E-state index is 12.0. The van der Waals surface area contributed by atoms with Crippen LogP contribution in [0.25, 0.3) is 10.8 Å². The van der Waals surface area contributed by atoms with Crippen molar-refractivity contribution in [3.05, 3.63) is 81.1 Å². The maximum atomic E-state index is 12.0. The Labute approximate surface area is 224 Å². The minimum atomic E-state index is -6.14. The third-order valence-electron chi connectivity index (χ3n) is 5.46. The quantitative estimate of drug-likeness (QED) is 0.216. The van der Waals surface area contributed by atoms with Gasteiger partial charge in [-0.1, -0.05) is 36.4 Å². The first kappa shape index (κ1) is 30.6. The van der Waals surface area contributed by atoms with Crippen molar-refractivity contribution in [2.24, 2.45) is 0 Å². The van der Waals surface area contributed by atoms with Gasteiger partial charge in [0.25, 0.3) is 29.0 Å². The zero-order valence-electron chi connectivity index (χ0n) is 19.9. The van der Waals surface area contributed by atoms with Gasteiger partial charge in [-0.05, 0) is 22.4 Å². The van der Waals surface area contributed by atoms with Gasteiger partial charge < -0.3 is 38.7 Å². The van der Waals surface area contributed by atoms with Gasteiger partial charge in [0.1, 0.15) is 18.3 Å². The van der Waals surface area contributed by atoms with Crippen LogP contribution in [-0.2, 0) is 42.7 Å². The van der Waals surface area contributed by atoms with E-state index in [-0.39, 0.29) is 0 Å². The zero-order chi connectivity index (χ0) is 29.3. The number of hydrogen-bond acceptors (Lipinski definition) is 15. The first-order valence-corrected chi connectivity index (χ1v) is 15.5. The van der Waals surface area contributed by atoms with Crippen LogP contribution < -0.4 is 25.9 Å². The number of rotatable bonds is 11. The Morgan fingerprint density at radius 1 is 0.875 bits per heavy atom. The van der Waals surface area contributed by atoms with E-state index in [9.17, 15) is 48.2 Å². The lowest BCUT2D eigenvalue weighted by Gasteiger charge is -2.34. The molecule has 0 saturated carbocycles. The molecule has 0 radical (unpaired) electrons. The number of phosphoric ester groups is 2. The van der Waals surface area contributed by atoms with Crippen LogP contribution >= 0.6 is 23.5 Å². The number of nitrogens with zero attached hydrogens (tertiary/aromatic N) is 1. The minimum Gasteiger partial charge on any atom is -0.756 e. The summed E-state index contributed by atoms with van der Waals surface area (Å²) in [6.45, 7) is -1.78. The molecule has 0 aliphatic carbocycles. The van der Waals surface area contributed by atoms with Gasteiger partial charge in [0.05, 0.1) is 13.2 Å². The normalized spacial score (nSPS) is 25.7. The molecule has 1 saturated heterocycles. The monoisotopic (exact) mass is 621 g/mol.